The third kappa shape index (κ3) is 3.50. The molecule has 0 bridgehead atoms. The van der Waals surface area contributed by atoms with Crippen molar-refractivity contribution in [3.8, 4) is 17.6 Å². The molecule has 0 atom stereocenters. The molecule has 0 fully saturated rings. The Morgan fingerprint density at radius 1 is 1.16 bits per heavy atom. The van der Waals surface area contributed by atoms with Gasteiger partial charge in [-0.15, -0.1) is 0 Å². The van der Waals surface area contributed by atoms with Crippen LogP contribution in [0.3, 0.4) is 0 Å². The van der Waals surface area contributed by atoms with Crippen LogP contribution in [0.15, 0.2) is 40.9 Å². The van der Waals surface area contributed by atoms with E-state index >= 15 is 0 Å². The number of hydrogen-bond donors (Lipinski definition) is 0. The minimum absolute atomic E-state index is 0.482. The first-order valence-corrected chi connectivity index (χ1v) is 7.65. The molecule has 2 rings (SSSR count). The molecule has 2 aromatic carbocycles. The molecule has 2 nitrogen and oxygen atoms in total. The average molecular weight is 401 g/mol. The van der Waals surface area contributed by atoms with E-state index in [9.17, 15) is 0 Å². The van der Waals surface area contributed by atoms with Gasteiger partial charge in [-0.2, -0.15) is 5.26 Å². The lowest BCUT2D eigenvalue weighted by Crippen LogP contribution is -1.90. The van der Waals surface area contributed by atoms with Crippen molar-refractivity contribution in [2.45, 2.75) is 5.33 Å². The van der Waals surface area contributed by atoms with E-state index in [0.717, 1.165) is 10.0 Å². The molecule has 0 amide bonds. The van der Waals surface area contributed by atoms with Crippen molar-refractivity contribution in [3.05, 3.63) is 57.0 Å². The van der Waals surface area contributed by atoms with Crippen LogP contribution in [-0.2, 0) is 5.33 Å². The Morgan fingerprint density at radius 3 is 2.53 bits per heavy atom. The monoisotopic (exact) mass is 399 g/mol. The molecule has 0 unspecified atom stereocenters. The lowest BCUT2D eigenvalue weighted by molar-refractivity contribution is 0.481. The van der Waals surface area contributed by atoms with Crippen LogP contribution >= 0.6 is 43.5 Å². The van der Waals surface area contributed by atoms with Crippen LogP contribution in [0.5, 0.6) is 11.5 Å². The van der Waals surface area contributed by atoms with Crippen LogP contribution < -0.4 is 4.74 Å². The summed E-state index contributed by atoms with van der Waals surface area (Å²) in [6.07, 6.45) is 0. The molecule has 0 radical (unpaired) electrons. The molecule has 0 saturated carbocycles. The Morgan fingerprint density at radius 2 is 1.89 bits per heavy atom. The SMILES string of the molecule is N#Cc1cc(CBr)ccc1Oc1ccc(Br)cc1Cl. The number of rotatable bonds is 3. The molecule has 0 spiro atoms. The Balaban J connectivity index is 2.35. The summed E-state index contributed by atoms with van der Waals surface area (Å²) in [5, 5.41) is 10.3. The van der Waals surface area contributed by atoms with Gasteiger partial charge < -0.3 is 4.74 Å². The van der Waals surface area contributed by atoms with Crippen molar-refractivity contribution in [2.75, 3.05) is 0 Å². The fourth-order valence-corrected chi connectivity index (χ4v) is 2.57. The van der Waals surface area contributed by atoms with Gasteiger partial charge in [-0.05, 0) is 35.9 Å². The van der Waals surface area contributed by atoms with Gasteiger partial charge in [-0.3, -0.25) is 0 Å². The molecule has 2 aromatic rings. The van der Waals surface area contributed by atoms with Crippen LogP contribution in [0.4, 0.5) is 0 Å². The summed E-state index contributed by atoms with van der Waals surface area (Å²) in [5.41, 5.74) is 1.50. The Labute approximate surface area is 133 Å². The number of halogens is 3. The highest BCUT2D eigenvalue weighted by Gasteiger charge is 2.08. The van der Waals surface area contributed by atoms with E-state index in [1.54, 1.807) is 24.3 Å². The first kappa shape index (κ1) is 14.4. The summed E-state index contributed by atoms with van der Waals surface area (Å²) in [6.45, 7) is 0. The van der Waals surface area contributed by atoms with Gasteiger partial charge in [0.1, 0.15) is 17.6 Å². The fraction of sp³-hybridized carbons (Fsp3) is 0.0714. The van der Waals surface area contributed by atoms with E-state index < -0.39 is 0 Å². The lowest BCUT2D eigenvalue weighted by atomic mass is 10.1. The third-order valence-corrected chi connectivity index (χ3v) is 3.87. The Bertz CT molecular complexity index is 652. The molecule has 0 heterocycles. The summed E-state index contributed by atoms with van der Waals surface area (Å²) in [4.78, 5) is 0. The van der Waals surface area contributed by atoms with E-state index in [0.29, 0.717) is 27.4 Å². The largest absolute Gasteiger partial charge is 0.454 e. The van der Waals surface area contributed by atoms with Gasteiger partial charge >= 0.3 is 0 Å². The molecule has 0 aromatic heterocycles. The summed E-state index contributed by atoms with van der Waals surface area (Å²) in [7, 11) is 0. The summed E-state index contributed by atoms with van der Waals surface area (Å²) < 4.78 is 6.57. The molecular formula is C14H8Br2ClNO. The highest BCUT2D eigenvalue weighted by atomic mass is 79.9. The zero-order valence-electron chi connectivity index (χ0n) is 9.66. The molecule has 96 valence electrons. The van der Waals surface area contributed by atoms with Crippen molar-refractivity contribution in [1.29, 1.82) is 5.26 Å². The molecular weight excluding hydrogens is 393 g/mol. The average Bonchev–Trinajstić information content (AvgIpc) is 2.42. The lowest BCUT2D eigenvalue weighted by Gasteiger charge is -2.10. The first-order chi connectivity index (χ1) is 9.13. The van der Waals surface area contributed by atoms with Crippen molar-refractivity contribution >= 4 is 43.5 Å². The normalized spacial score (nSPS) is 10.0. The standard InChI is InChI=1S/C14H8Br2ClNO/c15-7-9-1-3-13(10(5-9)8-18)19-14-4-2-11(16)6-12(14)17/h1-6H,7H2. The zero-order valence-corrected chi connectivity index (χ0v) is 13.6. The van der Waals surface area contributed by atoms with Gasteiger partial charge in [0.05, 0.1) is 10.6 Å². The smallest absolute Gasteiger partial charge is 0.146 e. The quantitative estimate of drug-likeness (QED) is 0.622. The summed E-state index contributed by atoms with van der Waals surface area (Å²) >= 11 is 12.8. The van der Waals surface area contributed by atoms with Crippen LogP contribution in [-0.4, -0.2) is 0 Å². The molecule has 19 heavy (non-hydrogen) atoms. The Hall–Kier alpha value is -1.02. The summed E-state index contributed by atoms with van der Waals surface area (Å²) in [5.74, 6) is 1.02. The van der Waals surface area contributed by atoms with Gasteiger partial charge in [0, 0.05) is 9.80 Å². The number of nitriles is 1. The van der Waals surface area contributed by atoms with Gasteiger partial charge in [-0.1, -0.05) is 49.5 Å². The number of ether oxygens (including phenoxy) is 1. The van der Waals surface area contributed by atoms with Crippen LogP contribution in [0.2, 0.25) is 5.02 Å². The maximum atomic E-state index is 9.14. The third-order valence-electron chi connectivity index (χ3n) is 2.43. The predicted octanol–water partition coefficient (Wildman–Crippen LogP) is 5.66. The minimum atomic E-state index is 0.482. The second kappa shape index (κ2) is 6.42. The van der Waals surface area contributed by atoms with Crippen LogP contribution in [0.25, 0.3) is 0 Å². The second-order valence-corrected chi connectivity index (χ2v) is 5.64. The predicted molar refractivity (Wildman–Crippen MR) is 83.0 cm³/mol. The minimum Gasteiger partial charge on any atom is -0.454 e. The highest BCUT2D eigenvalue weighted by Crippen LogP contribution is 2.33. The maximum Gasteiger partial charge on any atom is 0.146 e. The first-order valence-electron chi connectivity index (χ1n) is 5.36. The molecule has 0 aliphatic heterocycles. The number of hydrogen-bond acceptors (Lipinski definition) is 2. The van der Waals surface area contributed by atoms with E-state index in [1.165, 1.54) is 0 Å². The van der Waals surface area contributed by atoms with E-state index in [1.807, 2.05) is 12.1 Å². The molecule has 0 aliphatic rings. The van der Waals surface area contributed by atoms with E-state index in [4.69, 9.17) is 21.6 Å². The maximum absolute atomic E-state index is 9.14. The van der Waals surface area contributed by atoms with Crippen LogP contribution in [0, 0.1) is 11.3 Å². The Kier molecular flexibility index (Phi) is 4.87. The zero-order chi connectivity index (χ0) is 13.8. The highest BCUT2D eigenvalue weighted by molar-refractivity contribution is 9.10. The van der Waals surface area contributed by atoms with Crippen molar-refractivity contribution in [1.82, 2.24) is 0 Å². The van der Waals surface area contributed by atoms with Crippen molar-refractivity contribution in [2.24, 2.45) is 0 Å². The molecule has 5 heteroatoms. The fourth-order valence-electron chi connectivity index (χ4n) is 1.51. The van der Waals surface area contributed by atoms with Crippen molar-refractivity contribution < 1.29 is 4.74 Å². The van der Waals surface area contributed by atoms with Crippen LogP contribution in [0.1, 0.15) is 11.1 Å². The molecule has 0 N–H and O–H groups in total. The van der Waals surface area contributed by atoms with Gasteiger partial charge in [-0.25, -0.2) is 0 Å². The van der Waals surface area contributed by atoms with Gasteiger partial charge in [0.15, 0.2) is 0 Å². The van der Waals surface area contributed by atoms with E-state index in [2.05, 4.69) is 37.9 Å². The second-order valence-electron chi connectivity index (χ2n) is 3.75. The van der Waals surface area contributed by atoms with Gasteiger partial charge in [0.2, 0.25) is 0 Å². The number of alkyl halides is 1. The van der Waals surface area contributed by atoms with Crippen molar-refractivity contribution in [3.63, 3.8) is 0 Å². The number of nitrogens with zero attached hydrogens (tertiary/aromatic N) is 1. The topological polar surface area (TPSA) is 33.0 Å². The van der Waals surface area contributed by atoms with Gasteiger partial charge in [0.25, 0.3) is 0 Å². The van der Waals surface area contributed by atoms with E-state index in [-0.39, 0.29) is 0 Å². The summed E-state index contributed by atoms with van der Waals surface area (Å²) in [6, 6.07) is 12.9. The molecule has 0 aliphatic carbocycles. The number of benzene rings is 2. The molecule has 0 saturated heterocycles.